The number of nitrogens with zero attached hydrogens (tertiary/aromatic N) is 1. The summed E-state index contributed by atoms with van der Waals surface area (Å²) >= 11 is 12.0. The Labute approximate surface area is 112 Å². The lowest BCUT2D eigenvalue weighted by molar-refractivity contribution is -0.129. The van der Waals surface area contributed by atoms with Crippen LogP contribution in [0.15, 0.2) is 18.2 Å². The summed E-state index contributed by atoms with van der Waals surface area (Å²) in [7, 11) is 1.77. The average Bonchev–Trinajstić information content (AvgIpc) is 2.26. The van der Waals surface area contributed by atoms with Crippen molar-refractivity contribution in [1.29, 1.82) is 0 Å². The zero-order chi connectivity index (χ0) is 13.0. The van der Waals surface area contributed by atoms with E-state index in [0.29, 0.717) is 15.7 Å². The number of rotatable bonds is 4. The van der Waals surface area contributed by atoms with Gasteiger partial charge in [0.05, 0.1) is 22.3 Å². The van der Waals surface area contributed by atoms with Gasteiger partial charge in [-0.05, 0) is 26.0 Å². The van der Waals surface area contributed by atoms with Gasteiger partial charge in [-0.1, -0.05) is 29.3 Å². The molecule has 0 aromatic heterocycles. The van der Waals surface area contributed by atoms with Crippen LogP contribution in [-0.2, 0) is 4.79 Å². The normalized spacial score (nSPS) is 10.5. The summed E-state index contributed by atoms with van der Waals surface area (Å²) in [4.78, 5) is 13.4. The van der Waals surface area contributed by atoms with E-state index in [-0.39, 0.29) is 18.5 Å². The van der Waals surface area contributed by atoms with E-state index >= 15 is 0 Å². The molecule has 1 N–H and O–H groups in total. The van der Waals surface area contributed by atoms with Gasteiger partial charge in [0, 0.05) is 13.1 Å². The molecular weight excluding hydrogens is 259 g/mol. The number of carbonyl (C=O) groups excluding carboxylic acids is 1. The van der Waals surface area contributed by atoms with Gasteiger partial charge in [0.1, 0.15) is 0 Å². The maximum Gasteiger partial charge on any atom is 0.241 e. The molecule has 0 spiro atoms. The Bertz CT molecular complexity index is 387. The first kappa shape index (κ1) is 14.1. The predicted octanol–water partition coefficient (Wildman–Crippen LogP) is 3.27. The zero-order valence-corrected chi connectivity index (χ0v) is 11.6. The van der Waals surface area contributed by atoms with Crippen LogP contribution in [0.25, 0.3) is 0 Å². The van der Waals surface area contributed by atoms with Crippen LogP contribution in [0, 0.1) is 0 Å². The standard InChI is InChI=1S/C12H16Cl2N2O/c1-8(2)16(3)11(17)7-15-12-9(13)5-4-6-10(12)14/h4-6,8,15H,7H2,1-3H3. The number of likely N-dealkylation sites (N-methyl/N-ethyl adjacent to an activating group) is 1. The minimum atomic E-state index is -0.00372. The fourth-order valence-electron chi connectivity index (χ4n) is 1.24. The van der Waals surface area contributed by atoms with Gasteiger partial charge in [-0.3, -0.25) is 4.79 Å². The lowest BCUT2D eigenvalue weighted by Gasteiger charge is -2.22. The molecule has 0 aliphatic carbocycles. The number of halogens is 2. The van der Waals surface area contributed by atoms with Crippen LogP contribution in [-0.4, -0.2) is 30.4 Å². The summed E-state index contributed by atoms with van der Waals surface area (Å²) in [6.07, 6.45) is 0. The summed E-state index contributed by atoms with van der Waals surface area (Å²) < 4.78 is 0. The van der Waals surface area contributed by atoms with Gasteiger partial charge in [0.2, 0.25) is 5.91 Å². The van der Waals surface area contributed by atoms with Crippen LogP contribution >= 0.6 is 23.2 Å². The average molecular weight is 275 g/mol. The molecule has 17 heavy (non-hydrogen) atoms. The lowest BCUT2D eigenvalue weighted by atomic mass is 10.3. The van der Waals surface area contributed by atoms with Gasteiger partial charge >= 0.3 is 0 Å². The molecule has 1 aromatic carbocycles. The molecule has 0 aliphatic rings. The van der Waals surface area contributed by atoms with Crippen molar-refractivity contribution in [1.82, 2.24) is 4.90 Å². The maximum atomic E-state index is 11.8. The number of amides is 1. The molecule has 5 heteroatoms. The van der Waals surface area contributed by atoms with E-state index in [2.05, 4.69) is 5.32 Å². The number of benzene rings is 1. The van der Waals surface area contributed by atoms with Gasteiger partial charge in [-0.15, -0.1) is 0 Å². The Morgan fingerprint density at radius 3 is 2.35 bits per heavy atom. The molecule has 0 atom stereocenters. The van der Waals surface area contributed by atoms with E-state index in [1.165, 1.54) is 0 Å². The van der Waals surface area contributed by atoms with Crippen molar-refractivity contribution >= 4 is 34.8 Å². The molecule has 3 nitrogen and oxygen atoms in total. The molecule has 1 rings (SSSR count). The molecule has 0 radical (unpaired) electrons. The Balaban J connectivity index is 2.65. The Hall–Kier alpha value is -0.930. The van der Waals surface area contributed by atoms with Gasteiger partial charge in [-0.25, -0.2) is 0 Å². The summed E-state index contributed by atoms with van der Waals surface area (Å²) in [6.45, 7) is 4.10. The Kier molecular flexibility index (Phi) is 5.09. The van der Waals surface area contributed by atoms with Crippen molar-refractivity contribution in [2.24, 2.45) is 0 Å². The molecule has 0 saturated carbocycles. The lowest BCUT2D eigenvalue weighted by Crippen LogP contribution is -2.37. The predicted molar refractivity (Wildman–Crippen MR) is 72.9 cm³/mol. The first-order chi connectivity index (χ1) is 7.93. The Morgan fingerprint density at radius 2 is 1.88 bits per heavy atom. The van der Waals surface area contributed by atoms with Crippen molar-refractivity contribution in [2.75, 3.05) is 18.9 Å². The van der Waals surface area contributed by atoms with Crippen LogP contribution in [0.2, 0.25) is 10.0 Å². The number of para-hydroxylation sites is 1. The van der Waals surface area contributed by atoms with Crippen molar-refractivity contribution in [3.63, 3.8) is 0 Å². The minimum absolute atomic E-state index is 0.00372. The number of hydrogen-bond donors (Lipinski definition) is 1. The van der Waals surface area contributed by atoms with Crippen LogP contribution in [0.3, 0.4) is 0 Å². The van der Waals surface area contributed by atoms with E-state index < -0.39 is 0 Å². The van der Waals surface area contributed by atoms with Gasteiger partial charge in [0.15, 0.2) is 0 Å². The third-order valence-corrected chi connectivity index (χ3v) is 3.18. The first-order valence-electron chi connectivity index (χ1n) is 5.37. The molecule has 0 saturated heterocycles. The third kappa shape index (κ3) is 3.79. The topological polar surface area (TPSA) is 32.3 Å². The molecule has 0 heterocycles. The molecule has 0 bridgehead atoms. The molecule has 0 fully saturated rings. The van der Waals surface area contributed by atoms with Crippen LogP contribution < -0.4 is 5.32 Å². The second kappa shape index (κ2) is 6.12. The van der Waals surface area contributed by atoms with Crippen molar-refractivity contribution < 1.29 is 4.79 Å². The monoisotopic (exact) mass is 274 g/mol. The molecule has 1 aromatic rings. The van der Waals surface area contributed by atoms with E-state index in [0.717, 1.165) is 0 Å². The highest BCUT2D eigenvalue weighted by Gasteiger charge is 2.13. The molecule has 0 unspecified atom stereocenters. The summed E-state index contributed by atoms with van der Waals surface area (Å²) in [5.74, 6) is -0.00372. The number of hydrogen-bond acceptors (Lipinski definition) is 2. The van der Waals surface area contributed by atoms with Crippen LogP contribution in [0.5, 0.6) is 0 Å². The van der Waals surface area contributed by atoms with Crippen LogP contribution in [0.4, 0.5) is 5.69 Å². The van der Waals surface area contributed by atoms with E-state index in [1.807, 2.05) is 13.8 Å². The van der Waals surface area contributed by atoms with Gasteiger partial charge < -0.3 is 10.2 Å². The van der Waals surface area contributed by atoms with E-state index in [9.17, 15) is 4.79 Å². The van der Waals surface area contributed by atoms with E-state index in [1.54, 1.807) is 30.1 Å². The smallest absolute Gasteiger partial charge is 0.241 e. The largest absolute Gasteiger partial charge is 0.374 e. The highest BCUT2D eigenvalue weighted by atomic mass is 35.5. The SMILES string of the molecule is CC(C)N(C)C(=O)CNc1c(Cl)cccc1Cl. The van der Waals surface area contributed by atoms with Crippen molar-refractivity contribution in [3.8, 4) is 0 Å². The summed E-state index contributed by atoms with van der Waals surface area (Å²) in [5, 5.41) is 3.98. The second-order valence-corrected chi connectivity index (χ2v) is 4.86. The van der Waals surface area contributed by atoms with Gasteiger partial charge in [-0.2, -0.15) is 0 Å². The van der Waals surface area contributed by atoms with Crippen molar-refractivity contribution in [2.45, 2.75) is 19.9 Å². The highest BCUT2D eigenvalue weighted by Crippen LogP contribution is 2.29. The number of carbonyl (C=O) groups is 1. The number of nitrogens with one attached hydrogen (secondary N) is 1. The van der Waals surface area contributed by atoms with E-state index in [4.69, 9.17) is 23.2 Å². The molecule has 94 valence electrons. The summed E-state index contributed by atoms with van der Waals surface area (Å²) in [5.41, 5.74) is 0.598. The maximum absolute atomic E-state index is 11.8. The van der Waals surface area contributed by atoms with Gasteiger partial charge in [0.25, 0.3) is 0 Å². The van der Waals surface area contributed by atoms with Crippen molar-refractivity contribution in [3.05, 3.63) is 28.2 Å². The molecule has 0 aliphatic heterocycles. The first-order valence-corrected chi connectivity index (χ1v) is 6.12. The summed E-state index contributed by atoms with van der Waals surface area (Å²) in [6, 6.07) is 5.39. The van der Waals surface area contributed by atoms with Crippen LogP contribution in [0.1, 0.15) is 13.8 Å². The highest BCUT2D eigenvalue weighted by molar-refractivity contribution is 6.39. The fourth-order valence-corrected chi connectivity index (χ4v) is 1.77. The zero-order valence-electron chi connectivity index (χ0n) is 10.1. The molecule has 1 amide bonds. The minimum Gasteiger partial charge on any atom is -0.374 e. The molecular formula is C12H16Cl2N2O. The number of anilines is 1. The second-order valence-electron chi connectivity index (χ2n) is 4.05. The Morgan fingerprint density at radius 1 is 1.35 bits per heavy atom. The quantitative estimate of drug-likeness (QED) is 0.914. The fraction of sp³-hybridized carbons (Fsp3) is 0.417. The third-order valence-electron chi connectivity index (χ3n) is 2.55.